The number of fused-ring (bicyclic) bond motifs is 1. The van der Waals surface area contributed by atoms with Crippen LogP contribution >= 0.6 is 0 Å². The van der Waals surface area contributed by atoms with E-state index in [0.29, 0.717) is 38.2 Å². The zero-order valence-corrected chi connectivity index (χ0v) is 16.2. The number of para-hydroxylation sites is 1. The average Bonchev–Trinajstić information content (AvgIpc) is 3.46. The molecule has 152 valence electrons. The zero-order valence-electron chi connectivity index (χ0n) is 16.2. The molecule has 3 heterocycles. The average molecular weight is 395 g/mol. The molecular formula is C21H25N5O3. The number of nitrogens with zero attached hydrogens (tertiary/aromatic N) is 2. The maximum Gasteiger partial charge on any atom is 0.273 e. The highest BCUT2D eigenvalue weighted by Crippen LogP contribution is 2.23. The lowest BCUT2D eigenvalue weighted by molar-refractivity contribution is -0.127. The van der Waals surface area contributed by atoms with Gasteiger partial charge < -0.3 is 25.4 Å². The van der Waals surface area contributed by atoms with Crippen molar-refractivity contribution in [2.24, 2.45) is 5.73 Å². The number of carbonyl (C=O) groups excluding carboxylic acids is 2. The first-order valence-electron chi connectivity index (χ1n) is 9.94. The Morgan fingerprint density at radius 2 is 2.24 bits per heavy atom. The molecule has 3 aromatic rings. The Balaban J connectivity index is 1.29. The Morgan fingerprint density at radius 3 is 3.07 bits per heavy atom. The molecule has 2 aromatic heterocycles. The number of hydrogen-bond donors (Lipinski definition) is 3. The number of aromatic amines is 1. The first-order chi connectivity index (χ1) is 14.1. The predicted octanol–water partition coefficient (Wildman–Crippen LogP) is 2.14. The summed E-state index contributed by atoms with van der Waals surface area (Å²) in [6.45, 7) is 1.96. The van der Waals surface area contributed by atoms with Crippen molar-refractivity contribution in [1.82, 2.24) is 20.2 Å². The molecule has 8 heteroatoms. The molecule has 0 bridgehead atoms. The molecule has 29 heavy (non-hydrogen) atoms. The molecule has 1 aliphatic rings. The van der Waals surface area contributed by atoms with Gasteiger partial charge >= 0.3 is 0 Å². The van der Waals surface area contributed by atoms with Crippen LogP contribution in [-0.2, 0) is 11.2 Å². The van der Waals surface area contributed by atoms with Crippen LogP contribution in [0.15, 0.2) is 41.1 Å². The molecule has 1 atom stereocenters. The zero-order chi connectivity index (χ0) is 20.2. The number of nitrogens with one attached hydrogen (secondary N) is 2. The van der Waals surface area contributed by atoms with Crippen LogP contribution < -0.4 is 11.1 Å². The van der Waals surface area contributed by atoms with Gasteiger partial charge in [-0.2, -0.15) is 0 Å². The van der Waals surface area contributed by atoms with E-state index in [1.54, 1.807) is 0 Å². The van der Waals surface area contributed by atoms with Crippen molar-refractivity contribution in [2.75, 3.05) is 19.6 Å². The summed E-state index contributed by atoms with van der Waals surface area (Å²) in [5.74, 6) is 0.233. The van der Waals surface area contributed by atoms with Gasteiger partial charge in [0.25, 0.3) is 5.91 Å². The quantitative estimate of drug-likeness (QED) is 0.505. The summed E-state index contributed by atoms with van der Waals surface area (Å²) >= 11 is 0. The number of oxazole rings is 1. The maximum atomic E-state index is 12.3. The second-order valence-electron chi connectivity index (χ2n) is 7.33. The Hall–Kier alpha value is -3.13. The molecule has 0 radical (unpaired) electrons. The van der Waals surface area contributed by atoms with E-state index in [4.69, 9.17) is 10.2 Å². The van der Waals surface area contributed by atoms with Gasteiger partial charge in [-0.3, -0.25) is 9.59 Å². The number of likely N-dealkylation sites (tertiary alicyclic amines) is 1. The summed E-state index contributed by atoms with van der Waals surface area (Å²) in [4.78, 5) is 33.2. The number of carbonyl (C=O) groups is 2. The third-order valence-electron chi connectivity index (χ3n) is 5.25. The Labute approximate surface area is 168 Å². The number of amides is 2. The Morgan fingerprint density at radius 1 is 1.38 bits per heavy atom. The fraction of sp³-hybridized carbons (Fsp3) is 0.381. The predicted molar refractivity (Wildman–Crippen MR) is 108 cm³/mol. The minimum absolute atomic E-state index is 0.196. The second-order valence-corrected chi connectivity index (χ2v) is 7.33. The molecule has 4 rings (SSSR count). The number of aromatic nitrogens is 2. The summed E-state index contributed by atoms with van der Waals surface area (Å²) in [6.07, 6.45) is 6.09. The standard InChI is InChI=1S/C21H25N5O3/c22-16(11-14-12-24-17-6-2-1-5-15(14)17)21-25-18(13-29-21)20(28)23-8-4-10-26-9-3-7-19(26)27/h1-2,5-6,12-13,16,24H,3-4,7-11,22H2,(H,23,28). The molecule has 2 amide bonds. The van der Waals surface area contributed by atoms with Crippen LogP contribution in [0.5, 0.6) is 0 Å². The normalized spacial score (nSPS) is 15.2. The molecule has 1 aliphatic heterocycles. The molecule has 1 unspecified atom stereocenters. The third-order valence-corrected chi connectivity index (χ3v) is 5.25. The van der Waals surface area contributed by atoms with Crippen molar-refractivity contribution in [1.29, 1.82) is 0 Å². The van der Waals surface area contributed by atoms with E-state index in [-0.39, 0.29) is 17.5 Å². The molecule has 4 N–H and O–H groups in total. The van der Waals surface area contributed by atoms with Crippen LogP contribution in [0.25, 0.3) is 10.9 Å². The fourth-order valence-electron chi connectivity index (χ4n) is 3.69. The largest absolute Gasteiger partial charge is 0.446 e. The van der Waals surface area contributed by atoms with Gasteiger partial charge in [0.1, 0.15) is 6.26 Å². The molecule has 8 nitrogen and oxygen atoms in total. The van der Waals surface area contributed by atoms with Crippen LogP contribution in [0, 0.1) is 0 Å². The highest BCUT2D eigenvalue weighted by atomic mass is 16.3. The third kappa shape index (κ3) is 4.32. The van der Waals surface area contributed by atoms with Gasteiger partial charge in [0.2, 0.25) is 11.8 Å². The minimum Gasteiger partial charge on any atom is -0.446 e. The SMILES string of the molecule is NC(Cc1c[nH]c2ccccc12)c1nc(C(=O)NCCCN2CCCC2=O)co1. The van der Waals surface area contributed by atoms with Crippen LogP contribution in [-0.4, -0.2) is 46.3 Å². The lowest BCUT2D eigenvalue weighted by Gasteiger charge is -2.14. The van der Waals surface area contributed by atoms with Crippen molar-refractivity contribution in [2.45, 2.75) is 31.7 Å². The molecular weight excluding hydrogens is 370 g/mol. The first kappa shape index (κ1) is 19.2. The Kier molecular flexibility index (Phi) is 5.62. The van der Waals surface area contributed by atoms with Crippen molar-refractivity contribution in [3.8, 4) is 0 Å². The molecule has 1 saturated heterocycles. The van der Waals surface area contributed by atoms with Gasteiger partial charge in [-0.1, -0.05) is 18.2 Å². The first-order valence-corrected chi connectivity index (χ1v) is 9.94. The highest BCUT2D eigenvalue weighted by Gasteiger charge is 2.20. The summed E-state index contributed by atoms with van der Waals surface area (Å²) in [5.41, 5.74) is 8.60. The Bertz CT molecular complexity index is 1010. The van der Waals surface area contributed by atoms with Crippen LogP contribution in [0.3, 0.4) is 0 Å². The van der Waals surface area contributed by atoms with Gasteiger partial charge in [0.15, 0.2) is 5.69 Å². The van der Waals surface area contributed by atoms with Gasteiger partial charge in [-0.05, 0) is 30.9 Å². The summed E-state index contributed by atoms with van der Waals surface area (Å²) in [5, 5.41) is 3.93. The molecule has 0 saturated carbocycles. The molecule has 1 fully saturated rings. The summed E-state index contributed by atoms with van der Waals surface area (Å²) < 4.78 is 5.45. The van der Waals surface area contributed by atoms with Gasteiger partial charge in [-0.15, -0.1) is 0 Å². The second kappa shape index (κ2) is 8.48. The van der Waals surface area contributed by atoms with Crippen LogP contribution in [0.4, 0.5) is 0 Å². The summed E-state index contributed by atoms with van der Waals surface area (Å²) in [7, 11) is 0. The van der Waals surface area contributed by atoms with E-state index >= 15 is 0 Å². The van der Waals surface area contributed by atoms with Crippen molar-refractivity contribution < 1.29 is 14.0 Å². The molecule has 0 aliphatic carbocycles. The smallest absolute Gasteiger partial charge is 0.273 e. The van der Waals surface area contributed by atoms with Gasteiger partial charge in [0.05, 0.1) is 6.04 Å². The van der Waals surface area contributed by atoms with Crippen molar-refractivity contribution in [3.63, 3.8) is 0 Å². The van der Waals surface area contributed by atoms with E-state index in [0.717, 1.165) is 29.4 Å². The lowest BCUT2D eigenvalue weighted by Crippen LogP contribution is -2.30. The van der Waals surface area contributed by atoms with E-state index in [2.05, 4.69) is 15.3 Å². The monoisotopic (exact) mass is 395 g/mol. The minimum atomic E-state index is -0.447. The number of hydrogen-bond acceptors (Lipinski definition) is 5. The number of rotatable bonds is 8. The van der Waals surface area contributed by atoms with E-state index in [1.807, 2.05) is 35.4 Å². The topological polar surface area (TPSA) is 117 Å². The van der Waals surface area contributed by atoms with Gasteiger partial charge in [0, 0.05) is 43.2 Å². The molecule has 0 spiro atoms. The maximum absolute atomic E-state index is 12.3. The number of nitrogens with two attached hydrogens (primary N) is 1. The van der Waals surface area contributed by atoms with E-state index in [9.17, 15) is 9.59 Å². The van der Waals surface area contributed by atoms with Crippen molar-refractivity contribution in [3.05, 3.63) is 53.9 Å². The highest BCUT2D eigenvalue weighted by molar-refractivity contribution is 5.91. The molecule has 1 aromatic carbocycles. The lowest BCUT2D eigenvalue weighted by atomic mass is 10.1. The fourth-order valence-corrected chi connectivity index (χ4v) is 3.69. The van der Waals surface area contributed by atoms with Gasteiger partial charge in [-0.25, -0.2) is 4.98 Å². The number of benzene rings is 1. The number of H-pyrrole nitrogens is 1. The van der Waals surface area contributed by atoms with E-state index < -0.39 is 6.04 Å². The van der Waals surface area contributed by atoms with Crippen LogP contribution in [0.2, 0.25) is 0 Å². The summed E-state index contributed by atoms with van der Waals surface area (Å²) in [6, 6.07) is 7.57. The van der Waals surface area contributed by atoms with Crippen molar-refractivity contribution >= 4 is 22.7 Å². The van der Waals surface area contributed by atoms with E-state index in [1.165, 1.54) is 6.26 Å². The van der Waals surface area contributed by atoms with Crippen LogP contribution in [0.1, 0.15) is 47.2 Å².